The Bertz CT molecular complexity index is 252. The highest BCUT2D eigenvalue weighted by molar-refractivity contribution is 4.60. The SMILES string of the molecule is CCC1CCCOC1.CCC1COCCO1.CCCN1CCOCC1. The molecule has 0 aromatic carbocycles. The van der Waals surface area contributed by atoms with Crippen LogP contribution in [0.5, 0.6) is 0 Å². The standard InChI is InChI=1S/C7H15NO.C7H14O.C6H12O2/c1-2-3-8-4-6-9-7-5-8;1-2-7-4-3-5-8-6-7;1-2-6-5-7-3-4-8-6/h2-7H2,1H3;7H,2-6H2,1H3;6H,2-5H2,1H3. The third kappa shape index (κ3) is 11.9. The number of rotatable bonds is 4. The quantitative estimate of drug-likeness (QED) is 0.770. The summed E-state index contributed by atoms with van der Waals surface area (Å²) in [4.78, 5) is 2.45. The van der Waals surface area contributed by atoms with Crippen LogP contribution >= 0.6 is 0 Å². The average molecular weight is 360 g/mol. The molecule has 0 N–H and O–H groups in total. The first-order valence-corrected chi connectivity index (χ1v) is 10.4. The van der Waals surface area contributed by atoms with Gasteiger partial charge in [0.15, 0.2) is 0 Å². The van der Waals surface area contributed by atoms with Crippen LogP contribution in [0.4, 0.5) is 0 Å². The number of morpholine rings is 1. The van der Waals surface area contributed by atoms with Crippen molar-refractivity contribution < 1.29 is 18.9 Å². The Labute approximate surface area is 155 Å². The summed E-state index contributed by atoms with van der Waals surface area (Å²) < 4.78 is 20.9. The minimum atomic E-state index is 0.365. The third-order valence-electron chi connectivity index (χ3n) is 4.82. The fourth-order valence-corrected chi connectivity index (χ4v) is 3.04. The summed E-state index contributed by atoms with van der Waals surface area (Å²) in [6, 6.07) is 0. The second kappa shape index (κ2) is 16.0. The van der Waals surface area contributed by atoms with Crippen LogP contribution in [0, 0.1) is 5.92 Å². The Morgan fingerprint density at radius 1 is 0.800 bits per heavy atom. The second-order valence-electron chi connectivity index (χ2n) is 6.92. The van der Waals surface area contributed by atoms with Crippen LogP contribution in [0.1, 0.15) is 52.9 Å². The van der Waals surface area contributed by atoms with E-state index in [9.17, 15) is 0 Å². The Balaban J connectivity index is 0.000000188. The molecule has 150 valence electrons. The summed E-state index contributed by atoms with van der Waals surface area (Å²) in [5.41, 5.74) is 0. The van der Waals surface area contributed by atoms with Crippen molar-refractivity contribution in [1.29, 1.82) is 0 Å². The van der Waals surface area contributed by atoms with Crippen molar-refractivity contribution >= 4 is 0 Å². The molecule has 2 atom stereocenters. The van der Waals surface area contributed by atoms with Gasteiger partial charge in [0, 0.05) is 26.3 Å². The summed E-state index contributed by atoms with van der Waals surface area (Å²) in [5, 5.41) is 0. The van der Waals surface area contributed by atoms with Crippen molar-refractivity contribution in [2.45, 2.75) is 59.0 Å². The van der Waals surface area contributed by atoms with Gasteiger partial charge in [-0.05, 0) is 38.1 Å². The number of nitrogens with zero attached hydrogens (tertiary/aromatic N) is 1. The number of hydrogen-bond donors (Lipinski definition) is 0. The molecule has 3 heterocycles. The summed E-state index contributed by atoms with van der Waals surface area (Å²) in [5.74, 6) is 0.865. The van der Waals surface area contributed by atoms with Gasteiger partial charge in [-0.1, -0.05) is 27.2 Å². The first-order chi connectivity index (χ1) is 12.3. The van der Waals surface area contributed by atoms with Gasteiger partial charge in [0.05, 0.1) is 39.1 Å². The molecule has 5 nitrogen and oxygen atoms in total. The van der Waals surface area contributed by atoms with Gasteiger partial charge in [0.25, 0.3) is 0 Å². The average Bonchev–Trinajstić information content (AvgIpc) is 2.71. The minimum Gasteiger partial charge on any atom is -0.381 e. The lowest BCUT2D eigenvalue weighted by Crippen LogP contribution is -2.36. The molecule has 0 aromatic rings. The maximum Gasteiger partial charge on any atom is 0.0807 e. The van der Waals surface area contributed by atoms with E-state index in [0.717, 1.165) is 71.7 Å². The predicted octanol–water partition coefficient (Wildman–Crippen LogP) is 3.36. The van der Waals surface area contributed by atoms with Crippen LogP contribution in [0.2, 0.25) is 0 Å². The lowest BCUT2D eigenvalue weighted by atomic mass is 10.0. The molecule has 25 heavy (non-hydrogen) atoms. The van der Waals surface area contributed by atoms with Crippen LogP contribution in [0.3, 0.4) is 0 Å². The van der Waals surface area contributed by atoms with Gasteiger partial charge in [0.2, 0.25) is 0 Å². The highest BCUT2D eigenvalue weighted by atomic mass is 16.6. The Hall–Kier alpha value is -0.200. The molecule has 3 aliphatic heterocycles. The zero-order valence-electron chi connectivity index (χ0n) is 16.8. The molecule has 3 fully saturated rings. The molecular formula is C20H41NO4. The van der Waals surface area contributed by atoms with Crippen molar-refractivity contribution in [3.63, 3.8) is 0 Å². The summed E-state index contributed by atoms with van der Waals surface area (Å²) in [7, 11) is 0. The van der Waals surface area contributed by atoms with Crippen LogP contribution < -0.4 is 0 Å². The van der Waals surface area contributed by atoms with E-state index in [-0.39, 0.29) is 0 Å². The Kier molecular flexibility index (Phi) is 14.6. The van der Waals surface area contributed by atoms with E-state index in [1.165, 1.54) is 32.2 Å². The van der Waals surface area contributed by atoms with Crippen molar-refractivity contribution in [2.75, 3.05) is 65.9 Å². The first kappa shape index (κ1) is 22.8. The highest BCUT2D eigenvalue weighted by Crippen LogP contribution is 2.15. The molecule has 0 radical (unpaired) electrons. The molecule has 0 bridgehead atoms. The molecule has 0 saturated carbocycles. The van der Waals surface area contributed by atoms with Crippen molar-refractivity contribution in [3.05, 3.63) is 0 Å². The van der Waals surface area contributed by atoms with E-state index >= 15 is 0 Å². The van der Waals surface area contributed by atoms with Gasteiger partial charge in [-0.3, -0.25) is 4.90 Å². The van der Waals surface area contributed by atoms with Crippen molar-refractivity contribution in [1.82, 2.24) is 4.90 Å². The fourth-order valence-electron chi connectivity index (χ4n) is 3.04. The minimum absolute atomic E-state index is 0.365. The third-order valence-corrected chi connectivity index (χ3v) is 4.82. The molecule has 5 heteroatoms. The zero-order valence-corrected chi connectivity index (χ0v) is 16.8. The van der Waals surface area contributed by atoms with Crippen LogP contribution in [0.15, 0.2) is 0 Å². The van der Waals surface area contributed by atoms with E-state index in [4.69, 9.17) is 18.9 Å². The summed E-state index contributed by atoms with van der Waals surface area (Å²) in [6.45, 7) is 16.3. The number of ether oxygens (including phenoxy) is 4. The van der Waals surface area contributed by atoms with Gasteiger partial charge >= 0.3 is 0 Å². The maximum atomic E-state index is 5.30. The second-order valence-corrected chi connectivity index (χ2v) is 6.92. The monoisotopic (exact) mass is 359 g/mol. The first-order valence-electron chi connectivity index (χ1n) is 10.4. The topological polar surface area (TPSA) is 40.2 Å². The van der Waals surface area contributed by atoms with E-state index in [1.54, 1.807) is 0 Å². The molecule has 0 aliphatic carbocycles. The molecular weight excluding hydrogens is 318 g/mol. The fraction of sp³-hybridized carbons (Fsp3) is 1.00. The van der Waals surface area contributed by atoms with Gasteiger partial charge in [-0.2, -0.15) is 0 Å². The largest absolute Gasteiger partial charge is 0.381 e. The van der Waals surface area contributed by atoms with Crippen LogP contribution in [-0.4, -0.2) is 76.9 Å². The number of hydrogen-bond acceptors (Lipinski definition) is 5. The van der Waals surface area contributed by atoms with Crippen molar-refractivity contribution in [3.8, 4) is 0 Å². The lowest BCUT2D eigenvalue weighted by molar-refractivity contribution is -0.0887. The van der Waals surface area contributed by atoms with Crippen molar-refractivity contribution in [2.24, 2.45) is 5.92 Å². The highest BCUT2D eigenvalue weighted by Gasteiger charge is 2.11. The Morgan fingerprint density at radius 2 is 1.56 bits per heavy atom. The normalized spacial score (nSPS) is 27.5. The van der Waals surface area contributed by atoms with E-state index in [2.05, 4.69) is 25.7 Å². The van der Waals surface area contributed by atoms with E-state index in [1.807, 2.05) is 0 Å². The molecule has 2 unspecified atom stereocenters. The van der Waals surface area contributed by atoms with Crippen LogP contribution in [0.25, 0.3) is 0 Å². The summed E-state index contributed by atoms with van der Waals surface area (Å²) >= 11 is 0. The zero-order chi connectivity index (χ0) is 18.2. The Morgan fingerprint density at radius 3 is 2.00 bits per heavy atom. The van der Waals surface area contributed by atoms with Gasteiger partial charge in [0.1, 0.15) is 0 Å². The van der Waals surface area contributed by atoms with E-state index < -0.39 is 0 Å². The molecule has 3 rings (SSSR count). The van der Waals surface area contributed by atoms with E-state index in [0.29, 0.717) is 6.10 Å². The molecule has 0 spiro atoms. The van der Waals surface area contributed by atoms with Gasteiger partial charge < -0.3 is 18.9 Å². The molecule has 0 amide bonds. The predicted molar refractivity (Wildman–Crippen MR) is 102 cm³/mol. The molecule has 0 aromatic heterocycles. The lowest BCUT2D eigenvalue weighted by Gasteiger charge is -2.25. The van der Waals surface area contributed by atoms with Gasteiger partial charge in [-0.25, -0.2) is 0 Å². The maximum absolute atomic E-state index is 5.30. The molecule has 3 aliphatic rings. The smallest absolute Gasteiger partial charge is 0.0807 e. The molecule has 3 saturated heterocycles. The summed E-state index contributed by atoms with van der Waals surface area (Å²) in [6.07, 6.45) is 6.65. The van der Waals surface area contributed by atoms with Gasteiger partial charge in [-0.15, -0.1) is 0 Å². The van der Waals surface area contributed by atoms with Crippen LogP contribution in [-0.2, 0) is 18.9 Å².